The van der Waals surface area contributed by atoms with E-state index in [0.29, 0.717) is 19.4 Å². The number of hydrogen-bond donors (Lipinski definition) is 0. The lowest BCUT2D eigenvalue weighted by Gasteiger charge is -2.45. The van der Waals surface area contributed by atoms with E-state index < -0.39 is 11.5 Å². The van der Waals surface area contributed by atoms with Crippen LogP contribution in [0.5, 0.6) is 0 Å². The van der Waals surface area contributed by atoms with E-state index in [2.05, 4.69) is 29.2 Å². The average molecular weight is 463 g/mol. The van der Waals surface area contributed by atoms with Gasteiger partial charge in [0.15, 0.2) is 0 Å². The molecule has 1 atom stereocenters. The van der Waals surface area contributed by atoms with Crippen LogP contribution >= 0.6 is 0 Å². The topological polar surface area (TPSA) is 72.2 Å². The van der Waals surface area contributed by atoms with Crippen molar-refractivity contribution in [2.24, 2.45) is 5.92 Å². The highest BCUT2D eigenvalue weighted by Gasteiger charge is 2.58. The summed E-state index contributed by atoms with van der Waals surface area (Å²) in [5, 5.41) is 3.78. The molecule has 2 fully saturated rings. The van der Waals surface area contributed by atoms with Gasteiger partial charge >= 0.3 is 5.97 Å². The van der Waals surface area contributed by atoms with Crippen molar-refractivity contribution in [3.8, 4) is 0 Å². The van der Waals surface area contributed by atoms with E-state index in [9.17, 15) is 9.59 Å². The van der Waals surface area contributed by atoms with Crippen molar-refractivity contribution in [3.63, 3.8) is 0 Å². The molecule has 0 aliphatic carbocycles. The first-order valence-electron chi connectivity index (χ1n) is 11.8. The summed E-state index contributed by atoms with van der Waals surface area (Å²) in [6, 6.07) is 18.3. The highest BCUT2D eigenvalue weighted by atomic mass is 16.7. The fraction of sp³-hybridized carbons (Fsp3) is 0.407. The molecule has 0 N–H and O–H groups in total. The highest BCUT2D eigenvalue weighted by molar-refractivity contribution is 5.88. The smallest absolute Gasteiger partial charge is 0.311 e. The molecular formula is C27H30N2O5. The Hall–Kier alpha value is -3.16. The summed E-state index contributed by atoms with van der Waals surface area (Å²) in [5.41, 5.74) is 0.283. The molecule has 7 nitrogen and oxygen atoms in total. The molecule has 1 aromatic heterocycles. The van der Waals surface area contributed by atoms with Gasteiger partial charge in [0.1, 0.15) is 18.1 Å². The number of methoxy groups -OCH3 is 1. The Balaban J connectivity index is 1.33. The van der Waals surface area contributed by atoms with E-state index in [0.717, 1.165) is 40.9 Å². The third-order valence-electron chi connectivity index (χ3n) is 7.22. The van der Waals surface area contributed by atoms with E-state index in [-0.39, 0.29) is 24.9 Å². The summed E-state index contributed by atoms with van der Waals surface area (Å²) in [5.74, 6) is 0.773. The number of esters is 1. The van der Waals surface area contributed by atoms with Crippen LogP contribution in [0.1, 0.15) is 36.3 Å². The Morgan fingerprint density at radius 3 is 2.56 bits per heavy atom. The largest absolute Gasteiger partial charge is 0.469 e. The second-order valence-corrected chi connectivity index (χ2v) is 9.32. The SMILES string of the molecule is COC(=O)C1CC(=O)N(OCc2ccc3ccccc3c2)C12CCN(Cc1ccc(C)o1)CC2. The highest BCUT2D eigenvalue weighted by Crippen LogP contribution is 2.45. The average Bonchev–Trinajstić information content (AvgIpc) is 3.38. The summed E-state index contributed by atoms with van der Waals surface area (Å²) >= 11 is 0. The second-order valence-electron chi connectivity index (χ2n) is 9.32. The number of rotatable bonds is 6. The molecule has 7 heteroatoms. The number of carbonyl (C=O) groups excluding carboxylic acids is 2. The number of carbonyl (C=O) groups is 2. The number of aryl methyl sites for hydroxylation is 1. The van der Waals surface area contributed by atoms with Gasteiger partial charge in [-0.1, -0.05) is 36.4 Å². The van der Waals surface area contributed by atoms with Gasteiger partial charge < -0.3 is 9.15 Å². The van der Waals surface area contributed by atoms with E-state index in [1.807, 2.05) is 37.3 Å². The Morgan fingerprint density at radius 1 is 1.09 bits per heavy atom. The van der Waals surface area contributed by atoms with Gasteiger partial charge in [0, 0.05) is 19.5 Å². The number of hydrogen-bond acceptors (Lipinski definition) is 6. The monoisotopic (exact) mass is 462 g/mol. The lowest BCUT2D eigenvalue weighted by atomic mass is 9.77. The number of piperidine rings is 1. The molecule has 0 saturated carbocycles. The standard InChI is InChI=1S/C27H30N2O5/c1-19-7-10-23(34-19)17-28-13-11-27(12-14-28)24(26(31)32-2)16-25(30)29(27)33-18-20-8-9-21-5-3-4-6-22(21)15-20/h3-10,15,24H,11-14,16-18H2,1-2H3. The minimum atomic E-state index is -0.698. The maximum atomic E-state index is 13.1. The molecule has 2 aromatic carbocycles. The van der Waals surface area contributed by atoms with Gasteiger partial charge in [-0.2, -0.15) is 0 Å². The first-order valence-corrected chi connectivity index (χ1v) is 11.8. The fourth-order valence-electron chi connectivity index (χ4n) is 5.39. The first kappa shape index (κ1) is 22.6. The molecule has 1 unspecified atom stereocenters. The number of amides is 1. The number of nitrogens with zero attached hydrogens (tertiary/aromatic N) is 2. The minimum Gasteiger partial charge on any atom is -0.469 e. The molecule has 34 heavy (non-hydrogen) atoms. The van der Waals surface area contributed by atoms with Crippen molar-refractivity contribution in [1.82, 2.24) is 9.96 Å². The van der Waals surface area contributed by atoms with Crippen molar-refractivity contribution in [2.45, 2.75) is 44.9 Å². The minimum absolute atomic E-state index is 0.113. The molecule has 2 aliphatic heterocycles. The molecule has 178 valence electrons. The second kappa shape index (κ2) is 9.24. The molecule has 2 saturated heterocycles. The normalized spacial score (nSPS) is 20.4. The van der Waals surface area contributed by atoms with E-state index in [1.165, 1.54) is 12.2 Å². The van der Waals surface area contributed by atoms with Gasteiger partial charge in [0.05, 0.1) is 25.1 Å². The Bertz CT molecular complexity index is 1190. The van der Waals surface area contributed by atoms with Crippen molar-refractivity contribution in [1.29, 1.82) is 0 Å². The number of likely N-dealkylation sites (tertiary alicyclic amines) is 1. The van der Waals surface area contributed by atoms with Gasteiger partial charge in [-0.05, 0) is 54.3 Å². The molecule has 2 aliphatic rings. The molecule has 1 spiro atoms. The Morgan fingerprint density at radius 2 is 1.85 bits per heavy atom. The molecular weight excluding hydrogens is 432 g/mol. The molecule has 1 amide bonds. The van der Waals surface area contributed by atoms with Crippen molar-refractivity contribution >= 4 is 22.6 Å². The molecule has 3 heterocycles. The van der Waals surface area contributed by atoms with Crippen LogP contribution in [-0.2, 0) is 32.3 Å². The van der Waals surface area contributed by atoms with Crippen LogP contribution in [0.15, 0.2) is 59.0 Å². The third kappa shape index (κ3) is 4.21. The summed E-state index contributed by atoms with van der Waals surface area (Å²) < 4.78 is 10.8. The van der Waals surface area contributed by atoms with Crippen LogP contribution < -0.4 is 0 Å². The van der Waals surface area contributed by atoms with Gasteiger partial charge in [0.2, 0.25) is 5.91 Å². The summed E-state index contributed by atoms with van der Waals surface area (Å²) in [7, 11) is 1.38. The maximum absolute atomic E-state index is 13.1. The lowest BCUT2D eigenvalue weighted by molar-refractivity contribution is -0.229. The zero-order valence-electron chi connectivity index (χ0n) is 19.7. The number of fused-ring (bicyclic) bond motifs is 1. The van der Waals surface area contributed by atoms with Gasteiger partial charge in [-0.3, -0.25) is 19.3 Å². The fourth-order valence-corrected chi connectivity index (χ4v) is 5.39. The van der Waals surface area contributed by atoms with Crippen LogP contribution in [0.4, 0.5) is 0 Å². The Kier molecular flexibility index (Phi) is 6.15. The van der Waals surface area contributed by atoms with Crippen molar-refractivity contribution in [2.75, 3.05) is 20.2 Å². The molecule has 5 rings (SSSR count). The molecule has 0 radical (unpaired) electrons. The quantitative estimate of drug-likeness (QED) is 0.511. The van der Waals surface area contributed by atoms with Gasteiger partial charge in [-0.25, -0.2) is 5.06 Å². The maximum Gasteiger partial charge on any atom is 0.311 e. The number of hydroxylamine groups is 2. The number of ether oxygens (including phenoxy) is 1. The predicted molar refractivity (Wildman–Crippen MR) is 126 cm³/mol. The van der Waals surface area contributed by atoms with Crippen LogP contribution in [0.25, 0.3) is 10.8 Å². The molecule has 0 bridgehead atoms. The van der Waals surface area contributed by atoms with E-state index >= 15 is 0 Å². The van der Waals surface area contributed by atoms with Crippen molar-refractivity contribution < 1.29 is 23.6 Å². The summed E-state index contributed by atoms with van der Waals surface area (Å²) in [6.45, 7) is 4.37. The van der Waals surface area contributed by atoms with Crippen LogP contribution in [-0.4, -0.2) is 47.6 Å². The van der Waals surface area contributed by atoms with Gasteiger partial charge in [0.25, 0.3) is 0 Å². The van der Waals surface area contributed by atoms with Gasteiger partial charge in [-0.15, -0.1) is 0 Å². The third-order valence-corrected chi connectivity index (χ3v) is 7.22. The predicted octanol–water partition coefficient (Wildman–Crippen LogP) is 4.23. The van der Waals surface area contributed by atoms with Crippen LogP contribution in [0.2, 0.25) is 0 Å². The van der Waals surface area contributed by atoms with Crippen molar-refractivity contribution in [3.05, 3.63) is 71.7 Å². The first-order chi connectivity index (χ1) is 16.5. The number of furan rings is 1. The van der Waals surface area contributed by atoms with Crippen LogP contribution in [0, 0.1) is 12.8 Å². The zero-order valence-corrected chi connectivity index (χ0v) is 19.7. The van der Waals surface area contributed by atoms with E-state index in [1.54, 1.807) is 0 Å². The molecule has 3 aromatic rings. The zero-order chi connectivity index (χ0) is 23.7. The summed E-state index contributed by atoms with van der Waals surface area (Å²) in [4.78, 5) is 34.2. The summed E-state index contributed by atoms with van der Waals surface area (Å²) in [6.07, 6.45) is 1.38. The van der Waals surface area contributed by atoms with E-state index in [4.69, 9.17) is 14.0 Å². The number of benzene rings is 2. The van der Waals surface area contributed by atoms with Crippen LogP contribution in [0.3, 0.4) is 0 Å². The lowest BCUT2D eigenvalue weighted by Crippen LogP contribution is -2.57. The Labute approximate surface area is 199 Å².